The van der Waals surface area contributed by atoms with Crippen molar-refractivity contribution >= 4 is 12.1 Å². The third kappa shape index (κ3) is 3.28. The Hall–Kier alpha value is -2.43. The molecule has 0 saturated carbocycles. The summed E-state index contributed by atoms with van der Waals surface area (Å²) in [4.78, 5) is 11.6. The van der Waals surface area contributed by atoms with Gasteiger partial charge in [0.1, 0.15) is 6.54 Å². The largest absolute Gasteiger partial charge is 0.271 e. The lowest BCUT2D eigenvalue weighted by Gasteiger charge is -2.02. The highest BCUT2D eigenvalue weighted by atomic mass is 16.2. The Kier molecular flexibility index (Phi) is 3.86. The normalized spacial score (nSPS) is 10.7. The fourth-order valence-corrected chi connectivity index (χ4v) is 1.45. The fourth-order valence-electron chi connectivity index (χ4n) is 1.45. The second kappa shape index (κ2) is 5.77. The number of carbonyl (C=O) groups excluding carboxylic acids is 1. The molecule has 1 amide bonds. The predicted octanol–water partition coefficient (Wildman–Crippen LogP) is 1.34. The molecule has 0 radical (unpaired) electrons. The monoisotopic (exact) mass is 242 g/mol. The van der Waals surface area contributed by atoms with Gasteiger partial charge in [-0.1, -0.05) is 30.3 Å². The molecule has 18 heavy (non-hydrogen) atoms. The van der Waals surface area contributed by atoms with Crippen LogP contribution in [0.25, 0.3) is 0 Å². The van der Waals surface area contributed by atoms with Crippen LogP contribution < -0.4 is 5.43 Å². The van der Waals surface area contributed by atoms with E-state index in [-0.39, 0.29) is 12.5 Å². The van der Waals surface area contributed by atoms with E-state index in [1.54, 1.807) is 17.1 Å². The molecule has 0 saturated heterocycles. The van der Waals surface area contributed by atoms with Crippen molar-refractivity contribution in [3.8, 4) is 0 Å². The second-order valence-electron chi connectivity index (χ2n) is 3.83. The molecule has 1 heterocycles. The van der Waals surface area contributed by atoms with Crippen molar-refractivity contribution in [2.75, 3.05) is 0 Å². The van der Waals surface area contributed by atoms with Crippen LogP contribution in [-0.2, 0) is 11.3 Å². The van der Waals surface area contributed by atoms with E-state index in [1.165, 1.54) is 0 Å². The number of aromatic nitrogens is 2. The summed E-state index contributed by atoms with van der Waals surface area (Å²) in [6.07, 6.45) is 3.27. The molecular formula is C13H14N4O. The summed E-state index contributed by atoms with van der Waals surface area (Å²) < 4.78 is 1.62. The summed E-state index contributed by atoms with van der Waals surface area (Å²) in [5.41, 5.74) is 4.35. The van der Waals surface area contributed by atoms with Crippen LogP contribution in [-0.4, -0.2) is 21.9 Å². The zero-order chi connectivity index (χ0) is 12.8. The van der Waals surface area contributed by atoms with Crippen LogP contribution in [0.1, 0.15) is 11.3 Å². The summed E-state index contributed by atoms with van der Waals surface area (Å²) in [5.74, 6) is -0.200. The highest BCUT2D eigenvalue weighted by molar-refractivity contribution is 5.82. The first-order chi connectivity index (χ1) is 8.75. The Morgan fingerprint density at radius 3 is 2.83 bits per heavy atom. The van der Waals surface area contributed by atoms with E-state index in [0.29, 0.717) is 0 Å². The lowest BCUT2D eigenvalue weighted by Crippen LogP contribution is -2.24. The van der Waals surface area contributed by atoms with Gasteiger partial charge in [-0.2, -0.15) is 10.2 Å². The van der Waals surface area contributed by atoms with E-state index in [2.05, 4.69) is 15.6 Å². The molecule has 1 aromatic carbocycles. The molecule has 0 aliphatic heterocycles. The van der Waals surface area contributed by atoms with Crippen molar-refractivity contribution in [1.29, 1.82) is 0 Å². The number of rotatable bonds is 4. The first-order valence-electron chi connectivity index (χ1n) is 5.61. The van der Waals surface area contributed by atoms with Gasteiger partial charge in [-0.3, -0.25) is 9.48 Å². The molecule has 0 aliphatic rings. The lowest BCUT2D eigenvalue weighted by atomic mass is 10.2. The summed E-state index contributed by atoms with van der Waals surface area (Å²) in [7, 11) is 0. The number of carbonyl (C=O) groups is 1. The topological polar surface area (TPSA) is 59.3 Å². The van der Waals surface area contributed by atoms with Crippen LogP contribution >= 0.6 is 0 Å². The minimum Gasteiger partial charge on any atom is -0.271 e. The Labute approximate surface area is 105 Å². The van der Waals surface area contributed by atoms with Crippen LogP contribution in [0.4, 0.5) is 0 Å². The molecule has 0 unspecified atom stereocenters. The third-order valence-electron chi connectivity index (χ3n) is 2.42. The van der Waals surface area contributed by atoms with E-state index < -0.39 is 0 Å². The SMILES string of the molecule is Cc1ccnn1CC(=O)NN=Cc1ccccc1. The van der Waals surface area contributed by atoms with E-state index in [4.69, 9.17) is 0 Å². The molecule has 0 atom stereocenters. The van der Waals surface area contributed by atoms with Crippen molar-refractivity contribution in [3.05, 3.63) is 53.9 Å². The lowest BCUT2D eigenvalue weighted by molar-refractivity contribution is -0.121. The van der Waals surface area contributed by atoms with Gasteiger partial charge in [0.05, 0.1) is 6.21 Å². The van der Waals surface area contributed by atoms with Gasteiger partial charge in [-0.25, -0.2) is 5.43 Å². The zero-order valence-electron chi connectivity index (χ0n) is 10.1. The molecule has 5 heteroatoms. The number of nitrogens with one attached hydrogen (secondary N) is 1. The van der Waals surface area contributed by atoms with Crippen LogP contribution in [0.2, 0.25) is 0 Å². The molecular weight excluding hydrogens is 228 g/mol. The van der Waals surface area contributed by atoms with Gasteiger partial charge < -0.3 is 0 Å². The van der Waals surface area contributed by atoms with E-state index in [9.17, 15) is 4.79 Å². The minimum atomic E-state index is -0.200. The van der Waals surface area contributed by atoms with Gasteiger partial charge in [0.2, 0.25) is 0 Å². The first-order valence-corrected chi connectivity index (χ1v) is 5.61. The Morgan fingerprint density at radius 1 is 1.39 bits per heavy atom. The second-order valence-corrected chi connectivity index (χ2v) is 3.83. The molecule has 1 N–H and O–H groups in total. The molecule has 1 aromatic heterocycles. The molecule has 92 valence electrons. The average molecular weight is 242 g/mol. The Bertz CT molecular complexity index is 545. The van der Waals surface area contributed by atoms with Crippen LogP contribution in [0.3, 0.4) is 0 Å². The van der Waals surface area contributed by atoms with Crippen molar-refractivity contribution in [1.82, 2.24) is 15.2 Å². The molecule has 0 spiro atoms. The number of hydrogen-bond acceptors (Lipinski definition) is 3. The minimum absolute atomic E-state index is 0.172. The molecule has 0 aliphatic carbocycles. The Morgan fingerprint density at radius 2 is 2.17 bits per heavy atom. The van der Waals surface area contributed by atoms with Gasteiger partial charge in [-0.15, -0.1) is 0 Å². The van der Waals surface area contributed by atoms with Gasteiger partial charge in [0.15, 0.2) is 0 Å². The van der Waals surface area contributed by atoms with Gasteiger partial charge in [0, 0.05) is 11.9 Å². The highest BCUT2D eigenvalue weighted by Gasteiger charge is 2.03. The number of hydrogen-bond donors (Lipinski definition) is 1. The van der Waals surface area contributed by atoms with Crippen LogP contribution in [0, 0.1) is 6.92 Å². The first kappa shape index (κ1) is 12.0. The molecule has 2 aromatic rings. The fraction of sp³-hybridized carbons (Fsp3) is 0.154. The van der Waals surface area contributed by atoms with Crippen molar-refractivity contribution in [2.24, 2.45) is 5.10 Å². The summed E-state index contributed by atoms with van der Waals surface area (Å²) in [5, 5.41) is 7.91. The summed E-state index contributed by atoms with van der Waals surface area (Å²) in [6.45, 7) is 2.07. The van der Waals surface area contributed by atoms with Crippen LogP contribution in [0.15, 0.2) is 47.7 Å². The van der Waals surface area contributed by atoms with E-state index in [1.807, 2.05) is 43.3 Å². The maximum atomic E-state index is 11.6. The summed E-state index contributed by atoms with van der Waals surface area (Å²) >= 11 is 0. The maximum absolute atomic E-state index is 11.6. The standard InChI is InChI=1S/C13H14N4O/c1-11-7-8-15-17(11)10-13(18)16-14-9-12-5-3-2-4-6-12/h2-9H,10H2,1H3,(H,16,18). The smallest absolute Gasteiger partial charge is 0.261 e. The molecule has 5 nitrogen and oxygen atoms in total. The number of nitrogens with zero attached hydrogens (tertiary/aromatic N) is 3. The number of aryl methyl sites for hydroxylation is 1. The maximum Gasteiger partial charge on any atom is 0.261 e. The summed E-state index contributed by atoms with van der Waals surface area (Å²) in [6, 6.07) is 11.4. The average Bonchev–Trinajstić information content (AvgIpc) is 2.76. The Balaban J connectivity index is 1.86. The van der Waals surface area contributed by atoms with E-state index in [0.717, 1.165) is 11.3 Å². The van der Waals surface area contributed by atoms with Crippen molar-refractivity contribution < 1.29 is 4.79 Å². The number of amides is 1. The van der Waals surface area contributed by atoms with Gasteiger partial charge in [-0.05, 0) is 18.6 Å². The van der Waals surface area contributed by atoms with E-state index >= 15 is 0 Å². The van der Waals surface area contributed by atoms with Crippen LogP contribution in [0.5, 0.6) is 0 Å². The molecule has 0 fully saturated rings. The number of hydrazone groups is 1. The van der Waals surface area contributed by atoms with Crippen molar-refractivity contribution in [2.45, 2.75) is 13.5 Å². The third-order valence-corrected chi connectivity index (χ3v) is 2.42. The molecule has 0 bridgehead atoms. The predicted molar refractivity (Wildman–Crippen MR) is 69.1 cm³/mol. The van der Waals surface area contributed by atoms with Crippen molar-refractivity contribution in [3.63, 3.8) is 0 Å². The molecule has 2 rings (SSSR count). The zero-order valence-corrected chi connectivity index (χ0v) is 10.1. The quantitative estimate of drug-likeness (QED) is 0.649. The number of benzene rings is 1. The highest BCUT2D eigenvalue weighted by Crippen LogP contribution is 1.95. The van der Waals surface area contributed by atoms with Gasteiger partial charge in [0.25, 0.3) is 5.91 Å². The van der Waals surface area contributed by atoms with Gasteiger partial charge >= 0.3 is 0 Å².